The second kappa shape index (κ2) is 9.54. The van der Waals surface area contributed by atoms with Crippen LogP contribution in [0.25, 0.3) is 0 Å². The van der Waals surface area contributed by atoms with Gasteiger partial charge in [0.05, 0.1) is 0 Å². The Labute approximate surface area is 167 Å². The van der Waals surface area contributed by atoms with Crippen LogP contribution in [0.4, 0.5) is 0 Å². The highest BCUT2D eigenvalue weighted by atomic mass is 16.5. The smallest absolute Gasteiger partial charge is 0.119 e. The molecule has 0 aromatic heterocycles. The van der Waals surface area contributed by atoms with Gasteiger partial charge in [-0.2, -0.15) is 0 Å². The van der Waals surface area contributed by atoms with E-state index in [0.717, 1.165) is 31.7 Å². The molecule has 3 heteroatoms. The van der Waals surface area contributed by atoms with Crippen molar-refractivity contribution in [3.63, 3.8) is 0 Å². The highest BCUT2D eigenvalue weighted by Gasteiger charge is 2.20. The highest BCUT2D eigenvalue weighted by molar-refractivity contribution is 5.28. The fourth-order valence-corrected chi connectivity index (χ4v) is 3.70. The molecule has 0 bridgehead atoms. The summed E-state index contributed by atoms with van der Waals surface area (Å²) in [6.45, 7) is 2.62. The first-order valence-electron chi connectivity index (χ1n) is 10.1. The molecule has 4 rings (SSSR count). The van der Waals surface area contributed by atoms with Crippen molar-refractivity contribution < 1.29 is 4.74 Å². The molecule has 0 spiro atoms. The zero-order valence-corrected chi connectivity index (χ0v) is 16.2. The van der Waals surface area contributed by atoms with Crippen LogP contribution in [-0.4, -0.2) is 25.2 Å². The summed E-state index contributed by atoms with van der Waals surface area (Å²) in [5.74, 6) is 0.922. The monoisotopic (exact) mass is 372 g/mol. The van der Waals surface area contributed by atoms with E-state index in [2.05, 4.69) is 77.4 Å². The number of nitrogens with one attached hydrogen (secondary N) is 2. The zero-order chi connectivity index (χ0) is 19.0. The van der Waals surface area contributed by atoms with Crippen LogP contribution in [-0.2, 0) is 19.4 Å². The predicted octanol–water partition coefficient (Wildman–Crippen LogP) is 3.98. The summed E-state index contributed by atoms with van der Waals surface area (Å²) in [6, 6.07) is 30.5. The molecule has 28 heavy (non-hydrogen) atoms. The Morgan fingerprint density at radius 3 is 1.64 bits per heavy atom. The number of ether oxygens (including phenoxy) is 1. The van der Waals surface area contributed by atoms with Gasteiger partial charge in [0.2, 0.25) is 0 Å². The van der Waals surface area contributed by atoms with Gasteiger partial charge in [0.1, 0.15) is 12.4 Å². The van der Waals surface area contributed by atoms with Crippen LogP contribution in [0, 0.1) is 0 Å². The van der Waals surface area contributed by atoms with Crippen LogP contribution in [0.1, 0.15) is 16.7 Å². The zero-order valence-electron chi connectivity index (χ0n) is 16.2. The number of hydrogen-bond donors (Lipinski definition) is 2. The van der Waals surface area contributed by atoms with E-state index >= 15 is 0 Å². The third kappa shape index (κ3) is 5.44. The number of benzene rings is 3. The molecule has 3 nitrogen and oxygen atoms in total. The van der Waals surface area contributed by atoms with Crippen LogP contribution in [0.15, 0.2) is 84.9 Å². The lowest BCUT2D eigenvalue weighted by Crippen LogP contribution is -2.55. The molecule has 0 saturated carbocycles. The van der Waals surface area contributed by atoms with Gasteiger partial charge < -0.3 is 15.4 Å². The summed E-state index contributed by atoms with van der Waals surface area (Å²) in [4.78, 5) is 0. The molecule has 2 atom stereocenters. The number of hydrogen-bond acceptors (Lipinski definition) is 3. The van der Waals surface area contributed by atoms with Gasteiger partial charge in [-0.25, -0.2) is 0 Å². The van der Waals surface area contributed by atoms with Crippen molar-refractivity contribution >= 4 is 0 Å². The van der Waals surface area contributed by atoms with Crippen molar-refractivity contribution in [2.75, 3.05) is 13.1 Å². The van der Waals surface area contributed by atoms with Crippen LogP contribution in [0.2, 0.25) is 0 Å². The Kier molecular flexibility index (Phi) is 6.38. The molecule has 0 aliphatic carbocycles. The lowest BCUT2D eigenvalue weighted by molar-refractivity contribution is 0.306. The average molecular weight is 373 g/mol. The van der Waals surface area contributed by atoms with Gasteiger partial charge in [-0.1, -0.05) is 72.8 Å². The van der Waals surface area contributed by atoms with E-state index in [9.17, 15) is 0 Å². The predicted molar refractivity (Wildman–Crippen MR) is 115 cm³/mol. The van der Waals surface area contributed by atoms with Gasteiger partial charge >= 0.3 is 0 Å². The van der Waals surface area contributed by atoms with Crippen molar-refractivity contribution in [3.05, 3.63) is 102 Å². The van der Waals surface area contributed by atoms with Crippen molar-refractivity contribution in [1.29, 1.82) is 0 Å². The number of piperazine rings is 1. The first-order chi connectivity index (χ1) is 13.8. The van der Waals surface area contributed by atoms with Crippen LogP contribution >= 0.6 is 0 Å². The summed E-state index contributed by atoms with van der Waals surface area (Å²) in [7, 11) is 0. The second-order valence-corrected chi connectivity index (χ2v) is 7.52. The molecule has 0 radical (unpaired) electrons. The summed E-state index contributed by atoms with van der Waals surface area (Å²) in [6.07, 6.45) is 2.11. The Balaban J connectivity index is 1.22. The van der Waals surface area contributed by atoms with Crippen molar-refractivity contribution in [1.82, 2.24) is 10.6 Å². The molecule has 144 valence electrons. The maximum Gasteiger partial charge on any atom is 0.119 e. The van der Waals surface area contributed by atoms with E-state index in [1.165, 1.54) is 16.7 Å². The lowest BCUT2D eigenvalue weighted by Gasteiger charge is -2.31. The number of rotatable bonds is 7. The fourth-order valence-electron chi connectivity index (χ4n) is 3.70. The van der Waals surface area contributed by atoms with Gasteiger partial charge in [-0.05, 0) is 41.7 Å². The Hall–Kier alpha value is -2.62. The lowest BCUT2D eigenvalue weighted by atomic mass is 10.00. The Morgan fingerprint density at radius 2 is 1.11 bits per heavy atom. The molecule has 1 fully saturated rings. The normalized spacial score (nSPS) is 19.3. The third-order valence-corrected chi connectivity index (χ3v) is 5.28. The molecule has 1 aliphatic rings. The maximum absolute atomic E-state index is 5.88. The van der Waals surface area contributed by atoms with Gasteiger partial charge in [0.25, 0.3) is 0 Å². The molecular weight excluding hydrogens is 344 g/mol. The average Bonchev–Trinajstić information content (AvgIpc) is 2.76. The SMILES string of the molecule is c1ccc(COc2ccc(C[C@H]3CN[C@H](Cc4ccccc4)CN3)cc2)cc1. The van der Waals surface area contributed by atoms with Gasteiger partial charge in [0, 0.05) is 25.2 Å². The topological polar surface area (TPSA) is 33.3 Å². The largest absolute Gasteiger partial charge is 0.489 e. The Morgan fingerprint density at radius 1 is 0.607 bits per heavy atom. The first kappa shape index (κ1) is 18.7. The fraction of sp³-hybridized carbons (Fsp3) is 0.280. The van der Waals surface area contributed by atoms with Crippen molar-refractivity contribution in [2.24, 2.45) is 0 Å². The second-order valence-electron chi connectivity index (χ2n) is 7.52. The standard InChI is InChI=1S/C25H28N2O/c1-3-7-20(8-4-1)15-23-17-27-24(18-26-23)16-21-11-13-25(14-12-21)28-19-22-9-5-2-6-10-22/h1-14,23-24,26-27H,15-19H2/t23-,24+/m1/s1. The first-order valence-corrected chi connectivity index (χ1v) is 10.1. The summed E-state index contributed by atoms with van der Waals surface area (Å²) in [5, 5.41) is 7.41. The molecule has 0 amide bonds. The van der Waals surface area contributed by atoms with E-state index in [1.807, 2.05) is 18.2 Å². The van der Waals surface area contributed by atoms with Crippen LogP contribution in [0.5, 0.6) is 5.75 Å². The minimum absolute atomic E-state index is 0.475. The highest BCUT2D eigenvalue weighted by Crippen LogP contribution is 2.16. The molecule has 1 saturated heterocycles. The molecule has 2 N–H and O–H groups in total. The van der Waals surface area contributed by atoms with Crippen molar-refractivity contribution in [2.45, 2.75) is 31.5 Å². The molecular formula is C25H28N2O. The van der Waals surface area contributed by atoms with E-state index in [1.54, 1.807) is 0 Å². The minimum Gasteiger partial charge on any atom is -0.489 e. The third-order valence-electron chi connectivity index (χ3n) is 5.28. The minimum atomic E-state index is 0.475. The Bertz CT molecular complexity index is 825. The molecule has 0 unspecified atom stereocenters. The molecule has 3 aromatic carbocycles. The summed E-state index contributed by atoms with van der Waals surface area (Å²) >= 11 is 0. The summed E-state index contributed by atoms with van der Waals surface area (Å²) in [5.41, 5.74) is 3.92. The van der Waals surface area contributed by atoms with Crippen molar-refractivity contribution in [3.8, 4) is 5.75 Å². The summed E-state index contributed by atoms with van der Waals surface area (Å²) < 4.78 is 5.88. The van der Waals surface area contributed by atoms with E-state index in [0.29, 0.717) is 18.7 Å². The van der Waals surface area contributed by atoms with Gasteiger partial charge in [0.15, 0.2) is 0 Å². The van der Waals surface area contributed by atoms with E-state index in [4.69, 9.17) is 4.74 Å². The van der Waals surface area contributed by atoms with Crippen LogP contribution in [0.3, 0.4) is 0 Å². The quantitative estimate of drug-likeness (QED) is 0.658. The van der Waals surface area contributed by atoms with Gasteiger partial charge in [-0.3, -0.25) is 0 Å². The van der Waals surface area contributed by atoms with Gasteiger partial charge in [-0.15, -0.1) is 0 Å². The van der Waals surface area contributed by atoms with Crippen LogP contribution < -0.4 is 15.4 Å². The molecule has 1 heterocycles. The molecule has 3 aromatic rings. The van der Waals surface area contributed by atoms with E-state index < -0.39 is 0 Å². The van der Waals surface area contributed by atoms with E-state index in [-0.39, 0.29) is 0 Å². The molecule has 1 aliphatic heterocycles. The maximum atomic E-state index is 5.88.